The zero-order chi connectivity index (χ0) is 24.2. The summed E-state index contributed by atoms with van der Waals surface area (Å²) in [5, 5.41) is 3.74. The third kappa shape index (κ3) is 5.45. The van der Waals surface area contributed by atoms with Crippen LogP contribution in [0.4, 0.5) is 5.69 Å². The van der Waals surface area contributed by atoms with E-state index in [-0.39, 0.29) is 28.2 Å². The van der Waals surface area contributed by atoms with Gasteiger partial charge in [-0.25, -0.2) is 13.4 Å². The highest BCUT2D eigenvalue weighted by molar-refractivity contribution is 7.99. The minimum Gasteiger partial charge on any atom is -0.325 e. The fourth-order valence-corrected chi connectivity index (χ4v) is 5.89. The summed E-state index contributed by atoms with van der Waals surface area (Å²) >= 11 is 1.17. The van der Waals surface area contributed by atoms with Crippen molar-refractivity contribution >= 4 is 44.3 Å². The molecule has 1 heterocycles. The molecule has 8 nitrogen and oxygen atoms in total. The first-order chi connectivity index (χ1) is 15.7. The largest absolute Gasteiger partial charge is 0.325 e. The van der Waals surface area contributed by atoms with Crippen molar-refractivity contribution in [2.45, 2.75) is 43.8 Å². The first-order valence-corrected chi connectivity index (χ1v) is 13.2. The molecule has 0 saturated carbocycles. The second-order valence-corrected chi connectivity index (χ2v) is 10.5. The van der Waals surface area contributed by atoms with Gasteiger partial charge in [-0.05, 0) is 44.2 Å². The molecule has 0 spiro atoms. The summed E-state index contributed by atoms with van der Waals surface area (Å²) in [7, 11) is -3.63. The van der Waals surface area contributed by atoms with Crippen LogP contribution in [0.2, 0.25) is 0 Å². The van der Waals surface area contributed by atoms with Crippen LogP contribution >= 0.6 is 11.8 Å². The maximum absolute atomic E-state index is 12.9. The average Bonchev–Trinajstić information content (AvgIpc) is 2.78. The lowest BCUT2D eigenvalue weighted by Crippen LogP contribution is -2.30. The standard InChI is InChI=1S/C23H28N4O4S2/c1-5-26(6-2)33(30,31)18-11-9-10-17(14-18)24-21(28)15-32-23-25-20-13-8-7-12-19(20)22(29)27(23)16(3)4/h7-14,16H,5-6,15H2,1-4H3,(H,24,28). The number of aromatic nitrogens is 2. The van der Waals surface area contributed by atoms with Crippen LogP contribution in [0.1, 0.15) is 33.7 Å². The van der Waals surface area contributed by atoms with E-state index in [2.05, 4.69) is 10.3 Å². The maximum atomic E-state index is 12.9. The molecule has 3 rings (SSSR count). The number of nitrogens with zero attached hydrogens (tertiary/aromatic N) is 3. The van der Waals surface area contributed by atoms with E-state index in [4.69, 9.17) is 0 Å². The monoisotopic (exact) mass is 488 g/mol. The normalized spacial score (nSPS) is 11.9. The number of amides is 1. The number of rotatable bonds is 9. The summed E-state index contributed by atoms with van der Waals surface area (Å²) in [6.07, 6.45) is 0. The summed E-state index contributed by atoms with van der Waals surface area (Å²) in [4.78, 5) is 30.2. The van der Waals surface area contributed by atoms with Gasteiger partial charge in [0.2, 0.25) is 15.9 Å². The number of sulfonamides is 1. The van der Waals surface area contributed by atoms with Gasteiger partial charge >= 0.3 is 0 Å². The minimum atomic E-state index is -3.63. The van der Waals surface area contributed by atoms with Crippen molar-refractivity contribution in [3.8, 4) is 0 Å². The molecule has 0 atom stereocenters. The van der Waals surface area contributed by atoms with Crippen molar-refractivity contribution in [3.63, 3.8) is 0 Å². The number of anilines is 1. The fourth-order valence-electron chi connectivity index (χ4n) is 3.46. The third-order valence-corrected chi connectivity index (χ3v) is 8.08. The molecule has 1 N–H and O–H groups in total. The Hall–Kier alpha value is -2.69. The molecule has 1 aromatic heterocycles. The van der Waals surface area contributed by atoms with Gasteiger partial charge in [-0.2, -0.15) is 4.31 Å². The molecule has 176 valence electrons. The van der Waals surface area contributed by atoms with E-state index in [9.17, 15) is 18.0 Å². The molecule has 10 heteroatoms. The van der Waals surface area contributed by atoms with Crippen LogP contribution in [0.5, 0.6) is 0 Å². The number of hydrogen-bond acceptors (Lipinski definition) is 6. The van der Waals surface area contributed by atoms with Crippen molar-refractivity contribution in [3.05, 3.63) is 58.9 Å². The molecule has 33 heavy (non-hydrogen) atoms. The summed E-state index contributed by atoms with van der Waals surface area (Å²) in [6.45, 7) is 8.07. The molecule has 1 amide bonds. The third-order valence-electron chi connectivity index (χ3n) is 5.09. The van der Waals surface area contributed by atoms with Crippen LogP contribution in [0, 0.1) is 0 Å². The zero-order valence-corrected chi connectivity index (χ0v) is 20.7. The number of thioether (sulfide) groups is 1. The Morgan fingerprint density at radius 1 is 1.12 bits per heavy atom. The molecule has 3 aromatic rings. The summed E-state index contributed by atoms with van der Waals surface area (Å²) in [6, 6.07) is 13.2. The van der Waals surface area contributed by atoms with Gasteiger partial charge in [0.25, 0.3) is 5.56 Å². The Labute approximate surface area is 198 Å². The van der Waals surface area contributed by atoms with Crippen molar-refractivity contribution in [2.24, 2.45) is 0 Å². The van der Waals surface area contributed by atoms with E-state index in [1.54, 1.807) is 48.7 Å². The van der Waals surface area contributed by atoms with E-state index in [0.29, 0.717) is 34.8 Å². The van der Waals surface area contributed by atoms with Crippen molar-refractivity contribution in [2.75, 3.05) is 24.2 Å². The second-order valence-electron chi connectivity index (χ2n) is 7.63. The Bertz CT molecular complexity index is 1320. The average molecular weight is 489 g/mol. The van der Waals surface area contributed by atoms with Gasteiger partial charge in [0.15, 0.2) is 5.16 Å². The highest BCUT2D eigenvalue weighted by atomic mass is 32.2. The Morgan fingerprint density at radius 3 is 2.48 bits per heavy atom. The zero-order valence-electron chi connectivity index (χ0n) is 19.1. The van der Waals surface area contributed by atoms with Crippen LogP contribution in [0.25, 0.3) is 10.9 Å². The number of fused-ring (bicyclic) bond motifs is 1. The summed E-state index contributed by atoms with van der Waals surface area (Å²) in [5.41, 5.74) is 0.825. The predicted molar refractivity (Wildman–Crippen MR) is 132 cm³/mol. The van der Waals surface area contributed by atoms with Crippen LogP contribution < -0.4 is 10.9 Å². The van der Waals surface area contributed by atoms with Gasteiger partial charge in [0.05, 0.1) is 21.6 Å². The van der Waals surface area contributed by atoms with Crippen LogP contribution in [0.3, 0.4) is 0 Å². The van der Waals surface area contributed by atoms with Gasteiger partial charge in [-0.3, -0.25) is 14.2 Å². The molecular weight excluding hydrogens is 460 g/mol. The molecule has 0 aliphatic carbocycles. The maximum Gasteiger partial charge on any atom is 0.262 e. The molecule has 0 unspecified atom stereocenters. The summed E-state index contributed by atoms with van der Waals surface area (Å²) < 4.78 is 28.4. The van der Waals surface area contributed by atoms with Gasteiger partial charge in [0, 0.05) is 24.8 Å². The van der Waals surface area contributed by atoms with E-state index in [1.807, 2.05) is 19.9 Å². The lowest BCUT2D eigenvalue weighted by molar-refractivity contribution is -0.113. The molecule has 0 aliphatic rings. The predicted octanol–water partition coefficient (Wildman–Crippen LogP) is 3.74. The Balaban J connectivity index is 1.79. The highest BCUT2D eigenvalue weighted by Crippen LogP contribution is 2.22. The lowest BCUT2D eigenvalue weighted by Gasteiger charge is -2.19. The number of carbonyl (C=O) groups is 1. The first-order valence-electron chi connectivity index (χ1n) is 10.7. The molecule has 0 fully saturated rings. The van der Waals surface area contributed by atoms with Gasteiger partial charge in [-0.15, -0.1) is 0 Å². The topological polar surface area (TPSA) is 101 Å². The molecule has 0 bridgehead atoms. The highest BCUT2D eigenvalue weighted by Gasteiger charge is 2.22. The Kier molecular flexibility index (Phi) is 7.93. The van der Waals surface area contributed by atoms with Crippen molar-refractivity contribution in [1.82, 2.24) is 13.9 Å². The van der Waals surface area contributed by atoms with Crippen molar-refractivity contribution < 1.29 is 13.2 Å². The quantitative estimate of drug-likeness (QED) is 0.364. The first kappa shape index (κ1) is 24.9. The van der Waals surface area contributed by atoms with E-state index >= 15 is 0 Å². The van der Waals surface area contributed by atoms with Crippen LogP contribution in [-0.4, -0.2) is 47.0 Å². The van der Waals surface area contributed by atoms with Gasteiger partial charge in [-0.1, -0.05) is 43.8 Å². The van der Waals surface area contributed by atoms with E-state index in [0.717, 1.165) is 0 Å². The SMILES string of the molecule is CCN(CC)S(=O)(=O)c1cccc(NC(=O)CSc2nc3ccccc3c(=O)n2C(C)C)c1. The number of hydrogen-bond donors (Lipinski definition) is 1. The number of carbonyl (C=O) groups excluding carboxylic acids is 1. The molecule has 0 radical (unpaired) electrons. The van der Waals surface area contributed by atoms with E-state index < -0.39 is 10.0 Å². The van der Waals surface area contributed by atoms with Crippen molar-refractivity contribution in [1.29, 1.82) is 0 Å². The summed E-state index contributed by atoms with van der Waals surface area (Å²) in [5.74, 6) is -0.306. The Morgan fingerprint density at radius 2 is 1.82 bits per heavy atom. The molecular formula is C23H28N4O4S2. The molecule has 0 saturated heterocycles. The number of benzene rings is 2. The van der Waals surface area contributed by atoms with Crippen LogP contribution in [0.15, 0.2) is 63.4 Å². The fraction of sp³-hybridized carbons (Fsp3) is 0.348. The van der Waals surface area contributed by atoms with Gasteiger partial charge in [0.1, 0.15) is 0 Å². The second kappa shape index (κ2) is 10.5. The van der Waals surface area contributed by atoms with Gasteiger partial charge < -0.3 is 5.32 Å². The molecule has 0 aliphatic heterocycles. The lowest BCUT2D eigenvalue weighted by atomic mass is 10.2. The number of nitrogens with one attached hydrogen (secondary N) is 1. The van der Waals surface area contributed by atoms with E-state index in [1.165, 1.54) is 28.2 Å². The smallest absolute Gasteiger partial charge is 0.262 e. The molecule has 2 aromatic carbocycles. The number of para-hydroxylation sites is 1. The van der Waals surface area contributed by atoms with Crippen LogP contribution in [-0.2, 0) is 14.8 Å². The minimum absolute atomic E-state index is 0.0184.